The van der Waals surface area contributed by atoms with Crippen LogP contribution in [-0.4, -0.2) is 29.9 Å². The fraction of sp³-hybridized carbons (Fsp3) is 0.480. The maximum atomic E-state index is 13.2. The van der Waals surface area contributed by atoms with E-state index in [9.17, 15) is 4.79 Å². The lowest BCUT2D eigenvalue weighted by atomic mass is 9.87. The molecule has 3 heteroatoms. The van der Waals surface area contributed by atoms with Crippen LogP contribution in [0.3, 0.4) is 0 Å². The normalized spacial score (nSPS) is 25.6. The van der Waals surface area contributed by atoms with Gasteiger partial charge in [-0.25, -0.2) is 0 Å². The molecule has 4 rings (SSSR count). The molecule has 1 saturated carbocycles. The first-order valence-corrected chi connectivity index (χ1v) is 10.7. The largest absolute Gasteiger partial charge is 0.352 e. The number of nitrogens with one attached hydrogen (secondary N) is 1. The number of hydrogen-bond donors (Lipinski definition) is 1. The van der Waals surface area contributed by atoms with Gasteiger partial charge in [0.2, 0.25) is 5.91 Å². The van der Waals surface area contributed by atoms with Crippen molar-refractivity contribution in [1.29, 1.82) is 0 Å². The molecule has 0 radical (unpaired) electrons. The molecule has 1 N–H and O–H groups in total. The lowest BCUT2D eigenvalue weighted by molar-refractivity contribution is -0.124. The van der Waals surface area contributed by atoms with Crippen LogP contribution >= 0.6 is 0 Å². The topological polar surface area (TPSA) is 32.3 Å². The van der Waals surface area contributed by atoms with E-state index < -0.39 is 0 Å². The van der Waals surface area contributed by atoms with E-state index in [1.165, 1.54) is 12.0 Å². The summed E-state index contributed by atoms with van der Waals surface area (Å²) < 4.78 is 0. The van der Waals surface area contributed by atoms with Crippen LogP contribution in [0.4, 0.5) is 0 Å². The highest BCUT2D eigenvalue weighted by Crippen LogP contribution is 2.39. The van der Waals surface area contributed by atoms with Crippen LogP contribution in [0.15, 0.2) is 60.7 Å². The van der Waals surface area contributed by atoms with Crippen LogP contribution in [0.5, 0.6) is 0 Å². The first-order chi connectivity index (χ1) is 13.6. The minimum absolute atomic E-state index is 0.0675. The number of rotatable bonds is 6. The highest BCUT2D eigenvalue weighted by Gasteiger charge is 2.43. The Morgan fingerprint density at radius 3 is 2.36 bits per heavy atom. The summed E-state index contributed by atoms with van der Waals surface area (Å²) in [6, 6.07) is 21.3. The summed E-state index contributed by atoms with van der Waals surface area (Å²) in [6.07, 6.45) is 2.36. The van der Waals surface area contributed by atoms with Gasteiger partial charge in [0.05, 0.1) is 5.92 Å². The third-order valence-electron chi connectivity index (χ3n) is 6.62. The Kier molecular flexibility index (Phi) is 5.82. The Labute approximate surface area is 169 Å². The number of amides is 1. The molecular formula is C25H32N2O. The van der Waals surface area contributed by atoms with Gasteiger partial charge in [-0.05, 0) is 41.7 Å². The molecule has 3 nitrogen and oxygen atoms in total. The Balaban J connectivity index is 1.39. The van der Waals surface area contributed by atoms with Gasteiger partial charge in [0.25, 0.3) is 0 Å². The van der Waals surface area contributed by atoms with E-state index in [1.807, 2.05) is 18.2 Å². The van der Waals surface area contributed by atoms with Crippen molar-refractivity contribution in [2.24, 2.45) is 17.8 Å². The van der Waals surface area contributed by atoms with Crippen molar-refractivity contribution in [1.82, 2.24) is 10.2 Å². The zero-order valence-corrected chi connectivity index (χ0v) is 17.1. The Morgan fingerprint density at radius 2 is 1.68 bits per heavy atom. The van der Waals surface area contributed by atoms with E-state index in [2.05, 4.69) is 66.5 Å². The predicted octanol–water partition coefficient (Wildman–Crippen LogP) is 4.45. The standard InChI is InChI=1S/C25H32N2O/c1-18(2)24(20-11-7-4-8-12-20)25(28)26-23-14-13-21-16-27(17-22(21)23)15-19-9-5-3-6-10-19/h3-12,18,21-24H,13-17H2,1-2H3,(H,26,28)/t21-,22+,23+,24?/m0/s1. The molecule has 0 bridgehead atoms. The lowest BCUT2D eigenvalue weighted by Crippen LogP contribution is -2.43. The minimum Gasteiger partial charge on any atom is -0.352 e. The van der Waals surface area contributed by atoms with Crippen LogP contribution in [0, 0.1) is 17.8 Å². The molecule has 1 aliphatic heterocycles. The van der Waals surface area contributed by atoms with E-state index in [0.29, 0.717) is 12.0 Å². The summed E-state index contributed by atoms with van der Waals surface area (Å²) in [7, 11) is 0. The van der Waals surface area contributed by atoms with E-state index in [0.717, 1.165) is 37.5 Å². The number of carbonyl (C=O) groups excluding carboxylic acids is 1. The van der Waals surface area contributed by atoms with Gasteiger partial charge in [-0.1, -0.05) is 74.5 Å². The van der Waals surface area contributed by atoms with E-state index in [4.69, 9.17) is 0 Å². The first kappa shape index (κ1) is 19.2. The zero-order chi connectivity index (χ0) is 19.5. The quantitative estimate of drug-likeness (QED) is 0.808. The minimum atomic E-state index is -0.0675. The van der Waals surface area contributed by atoms with Crippen molar-refractivity contribution in [2.75, 3.05) is 13.1 Å². The summed E-state index contributed by atoms with van der Waals surface area (Å²) in [5.41, 5.74) is 2.51. The third kappa shape index (κ3) is 4.15. The summed E-state index contributed by atoms with van der Waals surface area (Å²) >= 11 is 0. The highest BCUT2D eigenvalue weighted by molar-refractivity contribution is 5.84. The van der Waals surface area contributed by atoms with Crippen molar-refractivity contribution >= 4 is 5.91 Å². The second-order valence-electron chi connectivity index (χ2n) is 8.93. The van der Waals surface area contributed by atoms with Crippen LogP contribution in [0.1, 0.15) is 43.7 Å². The molecule has 1 amide bonds. The smallest absolute Gasteiger partial charge is 0.228 e. The monoisotopic (exact) mass is 376 g/mol. The number of hydrogen-bond acceptors (Lipinski definition) is 2. The van der Waals surface area contributed by atoms with Crippen molar-refractivity contribution < 1.29 is 4.79 Å². The molecule has 4 atom stereocenters. The van der Waals surface area contributed by atoms with Gasteiger partial charge in [-0.2, -0.15) is 0 Å². The van der Waals surface area contributed by atoms with Gasteiger partial charge in [-0.15, -0.1) is 0 Å². The second kappa shape index (κ2) is 8.48. The third-order valence-corrected chi connectivity index (χ3v) is 6.62. The molecular weight excluding hydrogens is 344 g/mol. The molecule has 0 aromatic heterocycles. The molecule has 1 saturated heterocycles. The van der Waals surface area contributed by atoms with Gasteiger partial charge < -0.3 is 5.32 Å². The predicted molar refractivity (Wildman–Crippen MR) is 114 cm³/mol. The van der Waals surface area contributed by atoms with E-state index in [1.54, 1.807) is 0 Å². The maximum Gasteiger partial charge on any atom is 0.228 e. The molecule has 1 aliphatic carbocycles. The highest BCUT2D eigenvalue weighted by atomic mass is 16.2. The Bertz CT molecular complexity index is 774. The van der Waals surface area contributed by atoms with Crippen molar-refractivity contribution in [3.8, 4) is 0 Å². The molecule has 148 valence electrons. The SMILES string of the molecule is CC(C)C(C(=O)N[C@@H]1CC[C@H]2CN(Cc3ccccc3)C[C@H]21)c1ccccc1. The van der Waals surface area contributed by atoms with Crippen LogP contribution < -0.4 is 5.32 Å². The number of carbonyl (C=O) groups is 1. The number of nitrogens with zero attached hydrogens (tertiary/aromatic N) is 1. The molecule has 2 aromatic carbocycles. The van der Waals surface area contributed by atoms with E-state index in [-0.39, 0.29) is 17.7 Å². The molecule has 2 aromatic rings. The molecule has 2 fully saturated rings. The summed E-state index contributed by atoms with van der Waals surface area (Å²) in [5.74, 6) is 1.74. The number of fused-ring (bicyclic) bond motifs is 1. The summed E-state index contributed by atoms with van der Waals surface area (Å²) in [5, 5.41) is 3.45. The zero-order valence-electron chi connectivity index (χ0n) is 17.1. The summed E-state index contributed by atoms with van der Waals surface area (Å²) in [4.78, 5) is 15.7. The molecule has 28 heavy (non-hydrogen) atoms. The van der Waals surface area contributed by atoms with Crippen LogP contribution in [-0.2, 0) is 11.3 Å². The fourth-order valence-electron chi connectivity index (χ4n) is 5.28. The Hall–Kier alpha value is -2.13. The van der Waals surface area contributed by atoms with E-state index >= 15 is 0 Å². The average molecular weight is 377 g/mol. The lowest BCUT2D eigenvalue weighted by Gasteiger charge is -2.26. The molecule has 1 heterocycles. The fourth-order valence-corrected chi connectivity index (χ4v) is 5.28. The number of likely N-dealkylation sites (tertiary alicyclic amines) is 1. The first-order valence-electron chi connectivity index (χ1n) is 10.7. The molecule has 0 spiro atoms. The van der Waals surface area contributed by atoms with Gasteiger partial charge >= 0.3 is 0 Å². The maximum absolute atomic E-state index is 13.2. The van der Waals surface area contributed by atoms with Crippen LogP contribution in [0.2, 0.25) is 0 Å². The van der Waals surface area contributed by atoms with Gasteiger partial charge in [-0.3, -0.25) is 9.69 Å². The van der Waals surface area contributed by atoms with Gasteiger partial charge in [0, 0.05) is 25.7 Å². The summed E-state index contributed by atoms with van der Waals surface area (Å²) in [6.45, 7) is 7.57. The molecule has 2 aliphatic rings. The van der Waals surface area contributed by atoms with Gasteiger partial charge in [0.15, 0.2) is 0 Å². The average Bonchev–Trinajstić information content (AvgIpc) is 3.24. The molecule has 1 unspecified atom stereocenters. The Morgan fingerprint density at radius 1 is 1.00 bits per heavy atom. The van der Waals surface area contributed by atoms with Crippen molar-refractivity contribution in [2.45, 2.75) is 45.2 Å². The van der Waals surface area contributed by atoms with Gasteiger partial charge in [0.1, 0.15) is 0 Å². The van der Waals surface area contributed by atoms with Crippen molar-refractivity contribution in [3.05, 3.63) is 71.8 Å². The number of benzene rings is 2. The second-order valence-corrected chi connectivity index (χ2v) is 8.93. The van der Waals surface area contributed by atoms with Crippen molar-refractivity contribution in [3.63, 3.8) is 0 Å². The van der Waals surface area contributed by atoms with Crippen LogP contribution in [0.25, 0.3) is 0 Å².